The standard InChI is InChI=1S/C13H13BrO3/c1-7(2)3-8-4-13(16)17-12-6-11(15)10(14)5-9(8)12/h4-7,15H,3H2,1-2H3. The number of aromatic hydroxyl groups is 1. The van der Waals surface area contributed by atoms with Crippen molar-refractivity contribution in [2.75, 3.05) is 0 Å². The second-order valence-corrected chi connectivity index (χ2v) is 5.34. The Kier molecular flexibility index (Phi) is 3.24. The van der Waals surface area contributed by atoms with E-state index in [9.17, 15) is 9.90 Å². The van der Waals surface area contributed by atoms with Crippen LogP contribution >= 0.6 is 15.9 Å². The summed E-state index contributed by atoms with van der Waals surface area (Å²) in [5.41, 5.74) is 0.996. The van der Waals surface area contributed by atoms with Gasteiger partial charge in [-0.1, -0.05) is 13.8 Å². The summed E-state index contributed by atoms with van der Waals surface area (Å²) in [6.45, 7) is 4.19. The molecule has 1 heterocycles. The lowest BCUT2D eigenvalue weighted by atomic mass is 10.00. The van der Waals surface area contributed by atoms with Crippen molar-refractivity contribution in [3.63, 3.8) is 0 Å². The van der Waals surface area contributed by atoms with Gasteiger partial charge in [0.25, 0.3) is 0 Å². The van der Waals surface area contributed by atoms with Gasteiger partial charge in [-0.25, -0.2) is 4.79 Å². The average Bonchev–Trinajstić information content (AvgIpc) is 2.20. The van der Waals surface area contributed by atoms with Gasteiger partial charge in [0.05, 0.1) is 4.47 Å². The van der Waals surface area contributed by atoms with E-state index < -0.39 is 0 Å². The van der Waals surface area contributed by atoms with E-state index in [2.05, 4.69) is 29.8 Å². The molecule has 2 rings (SSSR count). The maximum absolute atomic E-state index is 11.4. The highest BCUT2D eigenvalue weighted by molar-refractivity contribution is 9.10. The summed E-state index contributed by atoms with van der Waals surface area (Å²) in [6.07, 6.45) is 0.805. The summed E-state index contributed by atoms with van der Waals surface area (Å²) in [7, 11) is 0. The quantitative estimate of drug-likeness (QED) is 0.864. The lowest BCUT2D eigenvalue weighted by molar-refractivity contribution is 0.469. The lowest BCUT2D eigenvalue weighted by Gasteiger charge is -2.08. The molecular formula is C13H13BrO3. The van der Waals surface area contributed by atoms with Gasteiger partial charge in [0.2, 0.25) is 0 Å². The minimum Gasteiger partial charge on any atom is -0.507 e. The minimum atomic E-state index is -0.380. The third-order valence-corrected chi connectivity index (χ3v) is 3.16. The fourth-order valence-electron chi connectivity index (χ4n) is 1.84. The fourth-order valence-corrected chi connectivity index (χ4v) is 2.19. The number of halogens is 1. The lowest BCUT2D eigenvalue weighted by Crippen LogP contribution is -2.03. The summed E-state index contributed by atoms with van der Waals surface area (Å²) in [5, 5.41) is 10.4. The summed E-state index contributed by atoms with van der Waals surface area (Å²) in [6, 6.07) is 4.77. The van der Waals surface area contributed by atoms with Gasteiger partial charge in [-0.05, 0) is 39.9 Å². The minimum absolute atomic E-state index is 0.0716. The van der Waals surface area contributed by atoms with Crippen molar-refractivity contribution in [1.82, 2.24) is 0 Å². The van der Waals surface area contributed by atoms with Crippen LogP contribution in [0, 0.1) is 5.92 Å². The zero-order valence-corrected chi connectivity index (χ0v) is 11.2. The highest BCUT2D eigenvalue weighted by Crippen LogP contribution is 2.30. The third-order valence-electron chi connectivity index (χ3n) is 2.53. The Morgan fingerprint density at radius 2 is 2.06 bits per heavy atom. The Balaban J connectivity index is 2.73. The molecule has 0 atom stereocenters. The summed E-state index contributed by atoms with van der Waals surface area (Å²) >= 11 is 3.27. The molecule has 0 aliphatic heterocycles. The van der Waals surface area contributed by atoms with Crippen LogP contribution in [0.3, 0.4) is 0 Å². The van der Waals surface area contributed by atoms with Crippen molar-refractivity contribution in [3.8, 4) is 5.75 Å². The Bertz CT molecular complexity index is 614. The maximum Gasteiger partial charge on any atom is 0.336 e. The first-order valence-corrected chi connectivity index (χ1v) is 6.22. The van der Waals surface area contributed by atoms with Gasteiger partial charge in [-0.3, -0.25) is 0 Å². The molecule has 0 unspecified atom stereocenters. The molecule has 3 nitrogen and oxygen atoms in total. The largest absolute Gasteiger partial charge is 0.507 e. The molecule has 0 aliphatic carbocycles. The number of fused-ring (bicyclic) bond motifs is 1. The van der Waals surface area contributed by atoms with Crippen LogP contribution in [-0.4, -0.2) is 5.11 Å². The SMILES string of the molecule is CC(C)Cc1cc(=O)oc2cc(O)c(Br)cc12. The monoisotopic (exact) mass is 296 g/mol. The molecule has 2 aromatic rings. The van der Waals surface area contributed by atoms with Crippen LogP contribution in [0.25, 0.3) is 11.0 Å². The van der Waals surface area contributed by atoms with Gasteiger partial charge in [-0.2, -0.15) is 0 Å². The van der Waals surface area contributed by atoms with E-state index in [0.29, 0.717) is 16.0 Å². The van der Waals surface area contributed by atoms with Gasteiger partial charge in [-0.15, -0.1) is 0 Å². The van der Waals surface area contributed by atoms with Crippen LogP contribution in [0.5, 0.6) is 5.75 Å². The number of hydrogen-bond donors (Lipinski definition) is 1. The molecule has 17 heavy (non-hydrogen) atoms. The van der Waals surface area contributed by atoms with Crippen molar-refractivity contribution in [2.45, 2.75) is 20.3 Å². The Morgan fingerprint density at radius 1 is 1.35 bits per heavy atom. The molecule has 0 bridgehead atoms. The van der Waals surface area contributed by atoms with Gasteiger partial charge >= 0.3 is 5.63 Å². The van der Waals surface area contributed by atoms with Crippen molar-refractivity contribution >= 4 is 26.9 Å². The number of phenols is 1. The second-order valence-electron chi connectivity index (χ2n) is 4.49. The zero-order valence-electron chi connectivity index (χ0n) is 9.66. The Hall–Kier alpha value is -1.29. The van der Waals surface area contributed by atoms with Crippen molar-refractivity contribution in [1.29, 1.82) is 0 Å². The highest BCUT2D eigenvalue weighted by atomic mass is 79.9. The maximum atomic E-state index is 11.4. The van der Waals surface area contributed by atoms with Gasteiger partial charge in [0.15, 0.2) is 0 Å². The molecule has 0 spiro atoms. The highest BCUT2D eigenvalue weighted by Gasteiger charge is 2.10. The first-order chi connectivity index (χ1) is 7.97. The number of benzene rings is 1. The molecule has 0 aliphatic rings. The summed E-state index contributed by atoms with van der Waals surface area (Å²) < 4.78 is 5.68. The van der Waals surface area contributed by atoms with E-state index in [1.165, 1.54) is 12.1 Å². The smallest absolute Gasteiger partial charge is 0.336 e. The van der Waals surface area contributed by atoms with Crippen LogP contribution in [0.2, 0.25) is 0 Å². The van der Waals surface area contributed by atoms with Crippen LogP contribution in [0.1, 0.15) is 19.4 Å². The molecule has 4 heteroatoms. The first-order valence-electron chi connectivity index (χ1n) is 5.42. The molecule has 1 N–H and O–H groups in total. The fraction of sp³-hybridized carbons (Fsp3) is 0.308. The number of hydrogen-bond acceptors (Lipinski definition) is 3. The average molecular weight is 297 g/mol. The van der Waals surface area contributed by atoms with Crippen molar-refractivity contribution < 1.29 is 9.52 Å². The number of rotatable bonds is 2. The first kappa shape index (κ1) is 12.2. The van der Waals surface area contributed by atoms with E-state index in [0.717, 1.165) is 17.4 Å². The molecule has 0 saturated carbocycles. The molecule has 0 amide bonds. The zero-order chi connectivity index (χ0) is 12.6. The van der Waals surface area contributed by atoms with Crippen LogP contribution in [0.4, 0.5) is 0 Å². The molecule has 90 valence electrons. The molecule has 0 saturated heterocycles. The topological polar surface area (TPSA) is 50.4 Å². The summed E-state index contributed by atoms with van der Waals surface area (Å²) in [4.78, 5) is 11.4. The summed E-state index contributed by atoms with van der Waals surface area (Å²) in [5.74, 6) is 0.523. The van der Waals surface area contributed by atoms with Gasteiger partial charge in [0, 0.05) is 17.5 Å². The molecule has 1 aromatic heterocycles. The van der Waals surface area contributed by atoms with Crippen molar-refractivity contribution in [3.05, 3.63) is 38.7 Å². The molecule has 1 aromatic carbocycles. The predicted molar refractivity (Wildman–Crippen MR) is 70.4 cm³/mol. The Morgan fingerprint density at radius 3 is 2.71 bits per heavy atom. The molecular weight excluding hydrogens is 284 g/mol. The van der Waals surface area contributed by atoms with Crippen LogP contribution < -0.4 is 5.63 Å². The van der Waals surface area contributed by atoms with Gasteiger partial charge in [0.1, 0.15) is 11.3 Å². The van der Waals surface area contributed by atoms with E-state index >= 15 is 0 Å². The molecule has 0 fully saturated rings. The van der Waals surface area contributed by atoms with Crippen LogP contribution in [0.15, 0.2) is 31.9 Å². The predicted octanol–water partition coefficient (Wildman–Crippen LogP) is 3.46. The van der Waals surface area contributed by atoms with E-state index in [1.54, 1.807) is 6.07 Å². The van der Waals surface area contributed by atoms with Gasteiger partial charge < -0.3 is 9.52 Å². The van der Waals surface area contributed by atoms with Crippen molar-refractivity contribution in [2.24, 2.45) is 5.92 Å². The van der Waals surface area contributed by atoms with E-state index in [4.69, 9.17) is 4.42 Å². The normalized spacial score (nSPS) is 11.3. The van der Waals surface area contributed by atoms with E-state index in [-0.39, 0.29) is 11.4 Å². The second kappa shape index (κ2) is 4.53. The number of phenolic OH excluding ortho intramolecular Hbond substituents is 1. The van der Waals surface area contributed by atoms with E-state index in [1.807, 2.05) is 0 Å². The van der Waals surface area contributed by atoms with Crippen LogP contribution in [-0.2, 0) is 6.42 Å². The third kappa shape index (κ3) is 2.52. The Labute approximate surface area is 107 Å². The molecule has 0 radical (unpaired) electrons.